The topological polar surface area (TPSA) is 75.7 Å². The summed E-state index contributed by atoms with van der Waals surface area (Å²) in [5, 5.41) is 0. The highest BCUT2D eigenvalue weighted by molar-refractivity contribution is 7.92. The fourth-order valence-corrected chi connectivity index (χ4v) is 4.70. The number of hydrogen-bond donors (Lipinski definition) is 1. The summed E-state index contributed by atoms with van der Waals surface area (Å²) < 4.78 is 34.1. The fraction of sp³-hybridized carbons (Fsp3) is 0.409. The zero-order valence-electron chi connectivity index (χ0n) is 17.1. The number of sulfonamides is 1. The lowest BCUT2D eigenvalue weighted by molar-refractivity contribution is 0.0720. The average molecular weight is 417 g/mol. The maximum absolute atomic E-state index is 13.1. The number of para-hydroxylation sites is 1. The van der Waals surface area contributed by atoms with Crippen LogP contribution in [-0.2, 0) is 10.0 Å². The van der Waals surface area contributed by atoms with Gasteiger partial charge in [0.15, 0.2) is 0 Å². The minimum atomic E-state index is -3.86. The lowest BCUT2D eigenvalue weighted by Gasteiger charge is -2.27. The third kappa shape index (κ3) is 4.72. The molecule has 6 nitrogen and oxygen atoms in total. The molecule has 0 atom stereocenters. The van der Waals surface area contributed by atoms with E-state index in [1.54, 1.807) is 23.1 Å². The van der Waals surface area contributed by atoms with Gasteiger partial charge in [-0.25, -0.2) is 8.42 Å². The molecular weight excluding hydrogens is 388 g/mol. The number of benzene rings is 2. The molecule has 1 fully saturated rings. The van der Waals surface area contributed by atoms with E-state index >= 15 is 0 Å². The number of hydrogen-bond acceptors (Lipinski definition) is 4. The molecule has 0 aliphatic carbocycles. The van der Waals surface area contributed by atoms with Gasteiger partial charge in [-0.1, -0.05) is 32.0 Å². The van der Waals surface area contributed by atoms with Crippen molar-refractivity contribution < 1.29 is 17.9 Å². The second kappa shape index (κ2) is 8.86. The third-order valence-corrected chi connectivity index (χ3v) is 6.55. The van der Waals surface area contributed by atoms with Crippen LogP contribution in [0.15, 0.2) is 47.4 Å². The van der Waals surface area contributed by atoms with E-state index in [2.05, 4.69) is 4.72 Å². The first-order valence-electron chi connectivity index (χ1n) is 9.92. The Balaban J connectivity index is 1.95. The van der Waals surface area contributed by atoms with Crippen LogP contribution in [0.5, 0.6) is 5.75 Å². The Morgan fingerprint density at radius 2 is 1.76 bits per heavy atom. The number of carbonyl (C=O) groups excluding carboxylic acids is 1. The van der Waals surface area contributed by atoms with Gasteiger partial charge in [-0.05, 0) is 55.0 Å². The van der Waals surface area contributed by atoms with Crippen LogP contribution < -0.4 is 9.46 Å². The Morgan fingerprint density at radius 3 is 2.41 bits per heavy atom. The molecule has 2 aromatic rings. The van der Waals surface area contributed by atoms with Crippen molar-refractivity contribution in [1.82, 2.24) is 4.90 Å². The highest BCUT2D eigenvalue weighted by Crippen LogP contribution is 2.29. The molecule has 0 spiro atoms. The first kappa shape index (κ1) is 21.2. The third-order valence-electron chi connectivity index (χ3n) is 5.18. The number of carbonyl (C=O) groups is 1. The van der Waals surface area contributed by atoms with Crippen molar-refractivity contribution in [3.63, 3.8) is 0 Å². The van der Waals surface area contributed by atoms with Crippen LogP contribution in [0, 0.1) is 0 Å². The van der Waals surface area contributed by atoms with E-state index < -0.39 is 10.0 Å². The van der Waals surface area contributed by atoms with Crippen LogP contribution >= 0.6 is 0 Å². The van der Waals surface area contributed by atoms with Gasteiger partial charge in [0, 0.05) is 13.1 Å². The van der Waals surface area contributed by atoms with Gasteiger partial charge in [-0.3, -0.25) is 9.52 Å². The van der Waals surface area contributed by atoms with Crippen molar-refractivity contribution in [2.24, 2.45) is 0 Å². The Kier molecular flexibility index (Phi) is 6.47. The monoisotopic (exact) mass is 416 g/mol. The normalized spacial score (nSPS) is 14.7. The van der Waals surface area contributed by atoms with Crippen LogP contribution in [0.1, 0.15) is 54.9 Å². The first-order valence-corrected chi connectivity index (χ1v) is 11.4. The second-order valence-electron chi connectivity index (χ2n) is 7.56. The standard InChI is InChI=1S/C22H28N2O4S/c1-16(2)18-9-5-6-10-20(18)23-29(26,27)17-11-12-21(28-3)19(15-17)22(25)24-13-7-4-8-14-24/h5-6,9-12,15-16,23H,4,7-8,13-14H2,1-3H3. The summed E-state index contributed by atoms with van der Waals surface area (Å²) in [6.07, 6.45) is 3.02. The Bertz CT molecular complexity index is 980. The SMILES string of the molecule is COc1ccc(S(=O)(=O)Nc2ccccc2C(C)C)cc1C(=O)N1CCCCC1. The Morgan fingerprint density at radius 1 is 1.07 bits per heavy atom. The summed E-state index contributed by atoms with van der Waals surface area (Å²) in [6, 6.07) is 11.7. The molecule has 156 valence electrons. The summed E-state index contributed by atoms with van der Waals surface area (Å²) in [5.41, 5.74) is 1.73. The smallest absolute Gasteiger partial charge is 0.261 e. The van der Waals surface area contributed by atoms with Gasteiger partial charge in [-0.15, -0.1) is 0 Å². The predicted octanol–water partition coefficient (Wildman–Crippen LogP) is 4.25. The molecule has 1 aliphatic heterocycles. The molecule has 29 heavy (non-hydrogen) atoms. The van der Waals surface area contributed by atoms with Gasteiger partial charge in [0.25, 0.3) is 15.9 Å². The number of rotatable bonds is 6. The lowest BCUT2D eigenvalue weighted by atomic mass is 10.0. The van der Waals surface area contributed by atoms with Crippen LogP contribution in [0.4, 0.5) is 5.69 Å². The number of nitrogens with one attached hydrogen (secondary N) is 1. The van der Waals surface area contributed by atoms with Gasteiger partial charge >= 0.3 is 0 Å². The molecule has 0 unspecified atom stereocenters. The van der Waals surface area contributed by atoms with Crippen molar-refractivity contribution in [2.75, 3.05) is 24.9 Å². The quantitative estimate of drug-likeness (QED) is 0.764. The van der Waals surface area contributed by atoms with Gasteiger partial charge < -0.3 is 9.64 Å². The van der Waals surface area contributed by atoms with E-state index in [1.165, 1.54) is 19.2 Å². The number of ether oxygens (including phenoxy) is 1. The van der Waals surface area contributed by atoms with Crippen molar-refractivity contribution >= 4 is 21.6 Å². The molecule has 0 bridgehead atoms. The number of nitrogens with zero attached hydrogens (tertiary/aromatic N) is 1. The predicted molar refractivity (Wildman–Crippen MR) is 114 cm³/mol. The molecule has 0 radical (unpaired) electrons. The summed E-state index contributed by atoms with van der Waals surface area (Å²) >= 11 is 0. The van der Waals surface area contributed by atoms with E-state index in [0.717, 1.165) is 24.8 Å². The fourth-order valence-electron chi connectivity index (χ4n) is 3.59. The van der Waals surface area contributed by atoms with Crippen LogP contribution in [0.25, 0.3) is 0 Å². The van der Waals surface area contributed by atoms with Crippen molar-refractivity contribution in [3.05, 3.63) is 53.6 Å². The van der Waals surface area contributed by atoms with E-state index in [1.807, 2.05) is 26.0 Å². The number of piperidine rings is 1. The van der Waals surface area contributed by atoms with Gasteiger partial charge in [0.05, 0.1) is 23.3 Å². The van der Waals surface area contributed by atoms with E-state index in [0.29, 0.717) is 24.5 Å². The van der Waals surface area contributed by atoms with Gasteiger partial charge in [0.2, 0.25) is 0 Å². The molecule has 1 saturated heterocycles. The minimum absolute atomic E-state index is 0.0391. The van der Waals surface area contributed by atoms with Crippen molar-refractivity contribution in [3.8, 4) is 5.75 Å². The number of anilines is 1. The van der Waals surface area contributed by atoms with Crippen molar-refractivity contribution in [1.29, 1.82) is 0 Å². The van der Waals surface area contributed by atoms with Crippen LogP contribution in [0.3, 0.4) is 0 Å². The van der Waals surface area contributed by atoms with Crippen molar-refractivity contribution in [2.45, 2.75) is 43.9 Å². The van der Waals surface area contributed by atoms with Gasteiger partial charge in [-0.2, -0.15) is 0 Å². The van der Waals surface area contributed by atoms with E-state index in [-0.39, 0.29) is 22.3 Å². The number of methoxy groups -OCH3 is 1. The summed E-state index contributed by atoms with van der Waals surface area (Å²) in [7, 11) is -2.38. The van der Waals surface area contributed by atoms with Crippen LogP contribution in [0.2, 0.25) is 0 Å². The molecule has 1 heterocycles. The van der Waals surface area contributed by atoms with E-state index in [4.69, 9.17) is 4.74 Å². The zero-order valence-corrected chi connectivity index (χ0v) is 18.0. The van der Waals surface area contributed by atoms with E-state index in [9.17, 15) is 13.2 Å². The Labute approximate surface area is 172 Å². The molecule has 1 amide bonds. The molecule has 3 rings (SSSR count). The minimum Gasteiger partial charge on any atom is -0.496 e. The molecule has 0 saturated carbocycles. The largest absolute Gasteiger partial charge is 0.496 e. The zero-order chi connectivity index (χ0) is 21.0. The molecule has 2 aromatic carbocycles. The maximum Gasteiger partial charge on any atom is 0.261 e. The highest BCUT2D eigenvalue weighted by Gasteiger charge is 2.25. The molecule has 0 aromatic heterocycles. The molecule has 1 aliphatic rings. The first-order chi connectivity index (χ1) is 13.8. The van der Waals surface area contributed by atoms with Crippen LogP contribution in [-0.4, -0.2) is 39.4 Å². The summed E-state index contributed by atoms with van der Waals surface area (Å²) in [4.78, 5) is 14.8. The average Bonchev–Trinajstić information content (AvgIpc) is 2.73. The Hall–Kier alpha value is -2.54. The molecule has 7 heteroatoms. The summed E-state index contributed by atoms with van der Waals surface area (Å²) in [6.45, 7) is 5.38. The van der Waals surface area contributed by atoms with Gasteiger partial charge in [0.1, 0.15) is 5.75 Å². The number of likely N-dealkylation sites (tertiary alicyclic amines) is 1. The maximum atomic E-state index is 13.1. The highest BCUT2D eigenvalue weighted by atomic mass is 32.2. The summed E-state index contributed by atoms with van der Waals surface area (Å²) in [5.74, 6) is 0.351. The lowest BCUT2D eigenvalue weighted by Crippen LogP contribution is -2.35. The number of amides is 1. The molecular formula is C22H28N2O4S. The second-order valence-corrected chi connectivity index (χ2v) is 9.24. The molecule has 1 N–H and O–H groups in total.